The van der Waals surface area contributed by atoms with Crippen LogP contribution in [-0.2, 0) is 9.53 Å². The van der Waals surface area contributed by atoms with Crippen molar-refractivity contribution in [3.8, 4) is 0 Å². The molecule has 1 heterocycles. The highest BCUT2D eigenvalue weighted by Gasteiger charge is 2.38. The lowest BCUT2D eigenvalue weighted by Crippen LogP contribution is -2.46. The van der Waals surface area contributed by atoms with E-state index in [1.165, 1.54) is 18.2 Å². The summed E-state index contributed by atoms with van der Waals surface area (Å²) >= 11 is 6.01. The summed E-state index contributed by atoms with van der Waals surface area (Å²) in [6.07, 6.45) is 1.08. The molecule has 0 aliphatic carbocycles. The smallest absolute Gasteiger partial charge is 0.271 e. The van der Waals surface area contributed by atoms with Gasteiger partial charge in [-0.3, -0.25) is 14.9 Å². The van der Waals surface area contributed by atoms with E-state index in [4.69, 9.17) is 22.1 Å². The Morgan fingerprint density at radius 3 is 2.67 bits per heavy atom. The van der Waals surface area contributed by atoms with Crippen molar-refractivity contribution in [2.24, 2.45) is 11.1 Å². The van der Waals surface area contributed by atoms with Crippen molar-refractivity contribution >= 4 is 28.9 Å². The van der Waals surface area contributed by atoms with Gasteiger partial charge in [-0.15, -0.1) is 0 Å². The first kappa shape index (κ1) is 15.5. The topological polar surface area (TPSA) is 107 Å². The molecule has 1 aromatic carbocycles. The van der Waals surface area contributed by atoms with Crippen molar-refractivity contribution < 1.29 is 14.5 Å². The van der Waals surface area contributed by atoms with Crippen LogP contribution in [0.3, 0.4) is 0 Å². The molecule has 1 fully saturated rings. The maximum Gasteiger partial charge on any atom is 0.271 e. The SMILES string of the molecule is NC(=O)C1(CNc2ccc([N+](=O)[O-])cc2Cl)CCOCC1. The van der Waals surface area contributed by atoms with Crippen LogP contribution in [-0.4, -0.2) is 30.6 Å². The minimum Gasteiger partial charge on any atom is -0.383 e. The fourth-order valence-corrected chi connectivity index (χ4v) is 2.54. The number of rotatable bonds is 5. The van der Waals surface area contributed by atoms with Gasteiger partial charge in [-0.25, -0.2) is 0 Å². The standard InChI is InChI=1S/C13H16ClN3O4/c14-10-7-9(17(19)20)1-2-11(10)16-8-13(12(15)18)3-5-21-6-4-13/h1-2,7,16H,3-6,8H2,(H2,15,18). The second-order valence-corrected chi connectivity index (χ2v) is 5.44. The molecule has 1 amide bonds. The van der Waals surface area contributed by atoms with Crippen LogP contribution in [0.2, 0.25) is 5.02 Å². The van der Waals surface area contributed by atoms with Crippen molar-refractivity contribution in [2.45, 2.75) is 12.8 Å². The normalized spacial score (nSPS) is 17.2. The van der Waals surface area contributed by atoms with E-state index in [9.17, 15) is 14.9 Å². The number of carbonyl (C=O) groups is 1. The number of non-ortho nitro benzene ring substituents is 1. The molecule has 8 heteroatoms. The molecule has 1 aliphatic heterocycles. The predicted molar refractivity (Wildman–Crippen MR) is 78.3 cm³/mol. The molecule has 0 saturated carbocycles. The molecule has 0 spiro atoms. The molecule has 0 unspecified atom stereocenters. The summed E-state index contributed by atoms with van der Waals surface area (Å²) in [7, 11) is 0. The molecule has 3 N–H and O–H groups in total. The molecule has 21 heavy (non-hydrogen) atoms. The highest BCUT2D eigenvalue weighted by Crippen LogP contribution is 2.32. The molecule has 1 aliphatic rings. The Morgan fingerprint density at radius 2 is 2.14 bits per heavy atom. The van der Waals surface area contributed by atoms with Gasteiger partial charge < -0.3 is 15.8 Å². The quantitative estimate of drug-likeness (QED) is 0.638. The largest absolute Gasteiger partial charge is 0.383 e. The zero-order valence-corrected chi connectivity index (χ0v) is 12.1. The van der Waals surface area contributed by atoms with Crippen LogP contribution in [0.25, 0.3) is 0 Å². The fourth-order valence-electron chi connectivity index (χ4n) is 2.30. The summed E-state index contributed by atoms with van der Waals surface area (Å²) in [5.41, 5.74) is 5.29. The van der Waals surface area contributed by atoms with Gasteiger partial charge in [-0.1, -0.05) is 11.6 Å². The van der Waals surface area contributed by atoms with Crippen molar-refractivity contribution in [1.29, 1.82) is 0 Å². The van der Waals surface area contributed by atoms with E-state index in [-0.39, 0.29) is 16.6 Å². The maximum atomic E-state index is 11.7. The van der Waals surface area contributed by atoms with Gasteiger partial charge in [0.2, 0.25) is 5.91 Å². The van der Waals surface area contributed by atoms with Crippen molar-refractivity contribution in [1.82, 2.24) is 0 Å². The molecule has 7 nitrogen and oxygen atoms in total. The van der Waals surface area contributed by atoms with E-state index in [0.29, 0.717) is 38.3 Å². The molecule has 1 aromatic rings. The first-order chi connectivity index (χ1) is 9.94. The third kappa shape index (κ3) is 3.43. The van der Waals surface area contributed by atoms with Crippen LogP contribution in [0.5, 0.6) is 0 Å². The van der Waals surface area contributed by atoms with Crippen molar-refractivity contribution in [3.63, 3.8) is 0 Å². The van der Waals surface area contributed by atoms with Crippen LogP contribution < -0.4 is 11.1 Å². The first-order valence-electron chi connectivity index (χ1n) is 6.50. The summed E-state index contributed by atoms with van der Waals surface area (Å²) in [6, 6.07) is 4.15. The highest BCUT2D eigenvalue weighted by atomic mass is 35.5. The number of nitrogens with one attached hydrogen (secondary N) is 1. The third-order valence-electron chi connectivity index (χ3n) is 3.75. The molecule has 1 saturated heterocycles. The molecular weight excluding hydrogens is 298 g/mol. The number of amides is 1. The van der Waals surface area contributed by atoms with Gasteiger partial charge in [-0.2, -0.15) is 0 Å². The average molecular weight is 314 g/mol. The minimum atomic E-state index is -0.677. The third-order valence-corrected chi connectivity index (χ3v) is 4.07. The van der Waals surface area contributed by atoms with Gasteiger partial charge in [0.1, 0.15) is 0 Å². The van der Waals surface area contributed by atoms with E-state index in [2.05, 4.69) is 5.32 Å². The van der Waals surface area contributed by atoms with E-state index >= 15 is 0 Å². The molecular formula is C13H16ClN3O4. The first-order valence-corrected chi connectivity index (χ1v) is 6.88. The van der Waals surface area contributed by atoms with Gasteiger partial charge >= 0.3 is 0 Å². The Balaban J connectivity index is 2.11. The molecule has 0 bridgehead atoms. The van der Waals surface area contributed by atoms with E-state index in [1.807, 2.05) is 0 Å². The second-order valence-electron chi connectivity index (χ2n) is 5.03. The predicted octanol–water partition coefficient (Wildman–Crippen LogP) is 1.94. The summed E-state index contributed by atoms with van der Waals surface area (Å²) in [5.74, 6) is -0.378. The van der Waals surface area contributed by atoms with E-state index in [1.54, 1.807) is 0 Å². The molecule has 114 valence electrons. The second kappa shape index (κ2) is 6.28. The van der Waals surface area contributed by atoms with E-state index in [0.717, 1.165) is 0 Å². The van der Waals surface area contributed by atoms with Gasteiger partial charge in [0.05, 0.1) is 21.0 Å². The molecule has 0 aromatic heterocycles. The lowest BCUT2D eigenvalue weighted by Gasteiger charge is -2.34. The van der Waals surface area contributed by atoms with Crippen molar-refractivity contribution in [2.75, 3.05) is 25.1 Å². The minimum absolute atomic E-state index is 0.0822. The highest BCUT2D eigenvalue weighted by molar-refractivity contribution is 6.33. The zero-order chi connectivity index (χ0) is 15.5. The summed E-state index contributed by atoms with van der Waals surface area (Å²) < 4.78 is 5.26. The number of hydrogen-bond acceptors (Lipinski definition) is 5. The molecule has 2 rings (SSSR count). The van der Waals surface area contributed by atoms with Crippen molar-refractivity contribution in [3.05, 3.63) is 33.3 Å². The Hall–Kier alpha value is -1.86. The number of nitrogens with zero attached hydrogens (tertiary/aromatic N) is 1. The van der Waals surface area contributed by atoms with Gasteiger partial charge in [0, 0.05) is 31.9 Å². The number of nitro benzene ring substituents is 1. The monoisotopic (exact) mass is 313 g/mol. The van der Waals surface area contributed by atoms with Gasteiger partial charge in [0.15, 0.2) is 0 Å². The number of hydrogen-bond donors (Lipinski definition) is 2. The Labute approximate surface area is 126 Å². The maximum absolute atomic E-state index is 11.7. The van der Waals surface area contributed by atoms with E-state index < -0.39 is 10.3 Å². The number of ether oxygens (including phenoxy) is 1. The molecule has 0 atom stereocenters. The van der Waals surface area contributed by atoms with Gasteiger partial charge in [0.25, 0.3) is 5.69 Å². The number of carbonyl (C=O) groups excluding carboxylic acids is 1. The number of nitro groups is 1. The fraction of sp³-hybridized carbons (Fsp3) is 0.462. The van der Waals surface area contributed by atoms with Crippen LogP contribution in [0, 0.1) is 15.5 Å². The number of nitrogens with two attached hydrogens (primary N) is 1. The lowest BCUT2D eigenvalue weighted by molar-refractivity contribution is -0.384. The van der Waals surface area contributed by atoms with Crippen LogP contribution >= 0.6 is 11.6 Å². The van der Waals surface area contributed by atoms with Gasteiger partial charge in [-0.05, 0) is 18.9 Å². The molecule has 0 radical (unpaired) electrons. The number of primary amides is 1. The Bertz CT molecular complexity index is 558. The zero-order valence-electron chi connectivity index (χ0n) is 11.3. The number of anilines is 1. The summed E-state index contributed by atoms with van der Waals surface area (Å²) in [4.78, 5) is 21.9. The van der Waals surface area contributed by atoms with Crippen LogP contribution in [0.15, 0.2) is 18.2 Å². The average Bonchev–Trinajstić information content (AvgIpc) is 2.46. The Morgan fingerprint density at radius 1 is 1.48 bits per heavy atom. The Kier molecular flexibility index (Phi) is 4.64. The summed E-state index contributed by atoms with van der Waals surface area (Å²) in [6.45, 7) is 1.29. The number of benzene rings is 1. The lowest BCUT2D eigenvalue weighted by atomic mass is 9.79. The summed E-state index contributed by atoms with van der Waals surface area (Å²) in [5, 5.41) is 14.0. The number of halogens is 1. The van der Waals surface area contributed by atoms with Crippen LogP contribution in [0.1, 0.15) is 12.8 Å². The van der Waals surface area contributed by atoms with Crippen LogP contribution in [0.4, 0.5) is 11.4 Å².